The molecule has 1 amide bonds. The second-order valence-corrected chi connectivity index (χ2v) is 6.29. The van der Waals surface area contributed by atoms with Crippen molar-refractivity contribution >= 4 is 17.7 Å². The number of halogens is 1. The van der Waals surface area contributed by atoms with E-state index in [0.29, 0.717) is 11.8 Å². The van der Waals surface area contributed by atoms with Crippen LogP contribution in [0.4, 0.5) is 4.39 Å². The Balaban J connectivity index is 1.65. The van der Waals surface area contributed by atoms with Crippen molar-refractivity contribution < 1.29 is 9.18 Å². The van der Waals surface area contributed by atoms with E-state index in [1.165, 1.54) is 18.6 Å². The third kappa shape index (κ3) is 4.86. The standard InChI is InChI=1S/C15H20FNOS/c1-11-2-7-14(8-11)17-15(18)10-19-9-12-3-5-13(16)6-4-12/h3-6,11,14H,2,7-10H2,1H3,(H,17,18). The summed E-state index contributed by atoms with van der Waals surface area (Å²) in [5.74, 6) is 1.85. The summed E-state index contributed by atoms with van der Waals surface area (Å²) in [5.41, 5.74) is 1.05. The summed E-state index contributed by atoms with van der Waals surface area (Å²) < 4.78 is 12.7. The summed E-state index contributed by atoms with van der Waals surface area (Å²) in [5, 5.41) is 3.08. The molecule has 104 valence electrons. The number of hydrogen-bond acceptors (Lipinski definition) is 2. The molecule has 0 radical (unpaired) electrons. The predicted molar refractivity (Wildman–Crippen MR) is 77.5 cm³/mol. The van der Waals surface area contributed by atoms with Crippen molar-refractivity contribution in [3.05, 3.63) is 35.6 Å². The van der Waals surface area contributed by atoms with Gasteiger partial charge in [-0.05, 0) is 42.9 Å². The molecule has 1 aromatic rings. The molecular weight excluding hydrogens is 261 g/mol. The van der Waals surface area contributed by atoms with Crippen LogP contribution in [0.1, 0.15) is 31.7 Å². The van der Waals surface area contributed by atoms with Gasteiger partial charge >= 0.3 is 0 Å². The van der Waals surface area contributed by atoms with E-state index in [4.69, 9.17) is 0 Å². The number of carbonyl (C=O) groups excluding carboxylic acids is 1. The van der Waals surface area contributed by atoms with E-state index < -0.39 is 0 Å². The monoisotopic (exact) mass is 281 g/mol. The number of benzene rings is 1. The summed E-state index contributed by atoms with van der Waals surface area (Å²) in [6.45, 7) is 2.23. The van der Waals surface area contributed by atoms with E-state index in [0.717, 1.165) is 30.1 Å². The SMILES string of the molecule is CC1CCC(NC(=O)CSCc2ccc(F)cc2)C1. The number of hydrogen-bond donors (Lipinski definition) is 1. The molecule has 1 aromatic carbocycles. The lowest BCUT2D eigenvalue weighted by atomic mass is 10.1. The van der Waals surface area contributed by atoms with Crippen LogP contribution in [0.2, 0.25) is 0 Å². The average molecular weight is 281 g/mol. The van der Waals surface area contributed by atoms with Crippen molar-refractivity contribution in [2.24, 2.45) is 5.92 Å². The van der Waals surface area contributed by atoms with Crippen LogP contribution in [0, 0.1) is 11.7 Å². The zero-order valence-corrected chi connectivity index (χ0v) is 12.0. The van der Waals surface area contributed by atoms with Gasteiger partial charge in [0.15, 0.2) is 0 Å². The highest BCUT2D eigenvalue weighted by atomic mass is 32.2. The van der Waals surface area contributed by atoms with Crippen molar-refractivity contribution in [2.75, 3.05) is 5.75 Å². The van der Waals surface area contributed by atoms with E-state index in [9.17, 15) is 9.18 Å². The summed E-state index contributed by atoms with van der Waals surface area (Å²) in [6, 6.07) is 6.80. The molecule has 1 N–H and O–H groups in total. The van der Waals surface area contributed by atoms with Crippen molar-refractivity contribution in [1.82, 2.24) is 5.32 Å². The van der Waals surface area contributed by atoms with Gasteiger partial charge in [-0.15, -0.1) is 11.8 Å². The molecule has 1 aliphatic carbocycles. The van der Waals surface area contributed by atoms with Gasteiger partial charge in [0.05, 0.1) is 5.75 Å². The van der Waals surface area contributed by atoms with Crippen LogP contribution in [-0.2, 0) is 10.5 Å². The Labute approximate surface area is 118 Å². The lowest BCUT2D eigenvalue weighted by molar-refractivity contribution is -0.119. The van der Waals surface area contributed by atoms with Crippen LogP contribution in [0.25, 0.3) is 0 Å². The minimum absolute atomic E-state index is 0.117. The first-order valence-electron chi connectivity index (χ1n) is 6.75. The molecule has 0 spiro atoms. The third-order valence-electron chi connectivity index (χ3n) is 3.48. The fraction of sp³-hybridized carbons (Fsp3) is 0.533. The number of carbonyl (C=O) groups is 1. The second-order valence-electron chi connectivity index (χ2n) is 5.30. The normalized spacial score (nSPS) is 22.4. The molecule has 1 saturated carbocycles. The van der Waals surface area contributed by atoms with Crippen molar-refractivity contribution in [2.45, 2.75) is 38.0 Å². The third-order valence-corrected chi connectivity index (χ3v) is 4.48. The Morgan fingerprint density at radius 1 is 1.37 bits per heavy atom. The van der Waals surface area contributed by atoms with Crippen LogP contribution in [0.5, 0.6) is 0 Å². The molecule has 0 saturated heterocycles. The van der Waals surface area contributed by atoms with Gasteiger partial charge in [0.25, 0.3) is 0 Å². The topological polar surface area (TPSA) is 29.1 Å². The Morgan fingerprint density at radius 2 is 2.11 bits per heavy atom. The molecule has 2 nitrogen and oxygen atoms in total. The van der Waals surface area contributed by atoms with E-state index >= 15 is 0 Å². The van der Waals surface area contributed by atoms with Gasteiger partial charge in [-0.25, -0.2) is 4.39 Å². The molecule has 0 bridgehead atoms. The highest BCUT2D eigenvalue weighted by Crippen LogP contribution is 2.24. The Hall–Kier alpha value is -1.03. The number of amides is 1. The van der Waals surface area contributed by atoms with Gasteiger partial charge in [0.1, 0.15) is 5.82 Å². The maximum absolute atomic E-state index is 12.7. The highest BCUT2D eigenvalue weighted by molar-refractivity contribution is 7.99. The van der Waals surface area contributed by atoms with E-state index in [-0.39, 0.29) is 11.7 Å². The quantitative estimate of drug-likeness (QED) is 0.896. The fourth-order valence-corrected chi connectivity index (χ4v) is 3.25. The smallest absolute Gasteiger partial charge is 0.230 e. The Kier molecular flexibility index (Phi) is 5.25. The Morgan fingerprint density at radius 3 is 2.74 bits per heavy atom. The van der Waals surface area contributed by atoms with Crippen LogP contribution >= 0.6 is 11.8 Å². The van der Waals surface area contributed by atoms with Crippen LogP contribution in [0.3, 0.4) is 0 Å². The molecule has 2 rings (SSSR count). The Bertz CT molecular complexity index is 421. The van der Waals surface area contributed by atoms with Gasteiger partial charge in [0, 0.05) is 11.8 Å². The minimum Gasteiger partial charge on any atom is -0.353 e. The van der Waals surface area contributed by atoms with Crippen molar-refractivity contribution in [3.8, 4) is 0 Å². The minimum atomic E-state index is -0.221. The summed E-state index contributed by atoms with van der Waals surface area (Å²) >= 11 is 1.57. The van der Waals surface area contributed by atoms with Crippen LogP contribution < -0.4 is 5.32 Å². The first kappa shape index (κ1) is 14.4. The number of thioether (sulfide) groups is 1. The van der Waals surface area contributed by atoms with Crippen LogP contribution in [0.15, 0.2) is 24.3 Å². The molecule has 1 aliphatic rings. The molecule has 1 fully saturated rings. The van der Waals surface area contributed by atoms with Crippen molar-refractivity contribution in [1.29, 1.82) is 0 Å². The zero-order valence-electron chi connectivity index (χ0n) is 11.2. The maximum Gasteiger partial charge on any atom is 0.230 e. The van der Waals surface area contributed by atoms with E-state index in [2.05, 4.69) is 12.2 Å². The zero-order chi connectivity index (χ0) is 13.7. The molecule has 4 heteroatoms. The number of rotatable bonds is 5. The molecule has 2 unspecified atom stereocenters. The number of nitrogens with one attached hydrogen (secondary N) is 1. The molecule has 19 heavy (non-hydrogen) atoms. The molecule has 0 heterocycles. The molecular formula is C15H20FNOS. The van der Waals surface area contributed by atoms with Gasteiger partial charge < -0.3 is 5.32 Å². The summed E-state index contributed by atoms with van der Waals surface area (Å²) in [6.07, 6.45) is 3.43. The second kappa shape index (κ2) is 6.94. The van der Waals surface area contributed by atoms with Gasteiger partial charge in [-0.3, -0.25) is 4.79 Å². The molecule has 2 atom stereocenters. The lowest BCUT2D eigenvalue weighted by Gasteiger charge is -2.12. The average Bonchev–Trinajstić information content (AvgIpc) is 2.77. The first-order chi connectivity index (χ1) is 9.13. The van der Waals surface area contributed by atoms with Gasteiger partial charge in [-0.2, -0.15) is 0 Å². The fourth-order valence-electron chi connectivity index (χ4n) is 2.45. The van der Waals surface area contributed by atoms with Gasteiger partial charge in [0.2, 0.25) is 5.91 Å². The predicted octanol–water partition coefficient (Wildman–Crippen LogP) is 3.36. The maximum atomic E-state index is 12.7. The molecule has 0 aliphatic heterocycles. The summed E-state index contributed by atoms with van der Waals surface area (Å²) in [7, 11) is 0. The first-order valence-corrected chi connectivity index (χ1v) is 7.90. The van der Waals surface area contributed by atoms with E-state index in [1.807, 2.05) is 0 Å². The van der Waals surface area contributed by atoms with Crippen molar-refractivity contribution in [3.63, 3.8) is 0 Å². The highest BCUT2D eigenvalue weighted by Gasteiger charge is 2.22. The largest absolute Gasteiger partial charge is 0.353 e. The lowest BCUT2D eigenvalue weighted by Crippen LogP contribution is -2.34. The van der Waals surface area contributed by atoms with Gasteiger partial charge in [-0.1, -0.05) is 19.1 Å². The van der Waals surface area contributed by atoms with Crippen LogP contribution in [-0.4, -0.2) is 17.7 Å². The summed E-state index contributed by atoms with van der Waals surface area (Å²) in [4.78, 5) is 11.8. The van der Waals surface area contributed by atoms with E-state index in [1.54, 1.807) is 23.9 Å². The molecule has 0 aromatic heterocycles.